The molecule has 0 atom stereocenters. The summed E-state index contributed by atoms with van der Waals surface area (Å²) in [5, 5.41) is 12.2. The van der Waals surface area contributed by atoms with Crippen LogP contribution in [-0.2, 0) is 4.79 Å². The number of nitrogens with zero attached hydrogens (tertiary/aromatic N) is 2. The van der Waals surface area contributed by atoms with Crippen LogP contribution in [0.15, 0.2) is 42.0 Å². The highest BCUT2D eigenvalue weighted by molar-refractivity contribution is 14.1. The van der Waals surface area contributed by atoms with E-state index in [1.807, 2.05) is 50.2 Å². The molecular formula is C22H24IN3O3. The smallest absolute Gasteiger partial charge is 0.266 e. The lowest BCUT2D eigenvalue weighted by Crippen LogP contribution is -2.14. The molecule has 7 heteroatoms. The van der Waals surface area contributed by atoms with E-state index >= 15 is 0 Å². The minimum Gasteiger partial charge on any atom is -0.493 e. The van der Waals surface area contributed by atoms with Gasteiger partial charge >= 0.3 is 0 Å². The number of halogens is 1. The van der Waals surface area contributed by atoms with Crippen molar-refractivity contribution in [1.82, 2.24) is 0 Å². The Morgan fingerprint density at radius 3 is 2.52 bits per heavy atom. The Labute approximate surface area is 185 Å². The normalized spacial score (nSPS) is 10.8. The van der Waals surface area contributed by atoms with Gasteiger partial charge < -0.3 is 19.7 Å². The van der Waals surface area contributed by atoms with E-state index in [0.29, 0.717) is 29.4 Å². The fourth-order valence-corrected chi connectivity index (χ4v) is 3.30. The SMILES string of the molecule is CCCOc1c(I)cc(/C=C(/C#N)C(=O)Nc2ccc(N(C)C)cc2)cc1OC. The molecule has 1 amide bonds. The van der Waals surface area contributed by atoms with Crippen LogP contribution in [0.5, 0.6) is 11.5 Å². The molecule has 0 saturated heterocycles. The van der Waals surface area contributed by atoms with Crippen molar-refractivity contribution < 1.29 is 14.3 Å². The fraction of sp³-hybridized carbons (Fsp3) is 0.273. The minimum atomic E-state index is -0.467. The topological polar surface area (TPSA) is 74.6 Å². The van der Waals surface area contributed by atoms with Gasteiger partial charge in [0.15, 0.2) is 11.5 Å². The quantitative estimate of drug-likeness (QED) is 0.320. The van der Waals surface area contributed by atoms with Crippen LogP contribution in [0, 0.1) is 14.9 Å². The predicted octanol–water partition coefficient (Wildman–Crippen LogP) is 4.70. The van der Waals surface area contributed by atoms with Gasteiger partial charge in [0, 0.05) is 25.5 Å². The maximum atomic E-state index is 12.5. The van der Waals surface area contributed by atoms with E-state index in [1.165, 1.54) is 6.08 Å². The predicted molar refractivity (Wildman–Crippen MR) is 124 cm³/mol. The summed E-state index contributed by atoms with van der Waals surface area (Å²) in [5.74, 6) is 0.759. The van der Waals surface area contributed by atoms with Gasteiger partial charge in [-0.1, -0.05) is 6.92 Å². The van der Waals surface area contributed by atoms with Crippen molar-refractivity contribution in [1.29, 1.82) is 5.26 Å². The number of nitriles is 1. The zero-order valence-corrected chi connectivity index (χ0v) is 19.1. The van der Waals surface area contributed by atoms with Crippen LogP contribution in [0.4, 0.5) is 11.4 Å². The Morgan fingerprint density at radius 1 is 1.28 bits per heavy atom. The Morgan fingerprint density at radius 2 is 1.97 bits per heavy atom. The lowest BCUT2D eigenvalue weighted by atomic mass is 10.1. The molecule has 0 spiro atoms. The molecule has 0 unspecified atom stereocenters. The van der Waals surface area contributed by atoms with Gasteiger partial charge in [0.2, 0.25) is 0 Å². The highest BCUT2D eigenvalue weighted by atomic mass is 127. The van der Waals surface area contributed by atoms with Crippen molar-refractivity contribution in [2.24, 2.45) is 0 Å². The molecule has 0 heterocycles. The molecule has 0 saturated carbocycles. The number of amides is 1. The molecule has 0 radical (unpaired) electrons. The summed E-state index contributed by atoms with van der Waals surface area (Å²) in [5.41, 5.74) is 2.33. The van der Waals surface area contributed by atoms with Crippen molar-refractivity contribution in [3.05, 3.63) is 51.1 Å². The second-order valence-corrected chi connectivity index (χ2v) is 7.61. The van der Waals surface area contributed by atoms with Crippen LogP contribution in [-0.4, -0.2) is 33.7 Å². The number of hydrogen-bond acceptors (Lipinski definition) is 5. The average Bonchev–Trinajstić information content (AvgIpc) is 2.71. The van der Waals surface area contributed by atoms with Crippen LogP contribution in [0.2, 0.25) is 0 Å². The van der Waals surface area contributed by atoms with Gasteiger partial charge in [-0.15, -0.1) is 0 Å². The van der Waals surface area contributed by atoms with Crippen LogP contribution in [0.3, 0.4) is 0 Å². The lowest BCUT2D eigenvalue weighted by molar-refractivity contribution is -0.112. The summed E-state index contributed by atoms with van der Waals surface area (Å²) in [6.45, 7) is 2.61. The van der Waals surface area contributed by atoms with E-state index in [9.17, 15) is 10.1 Å². The largest absolute Gasteiger partial charge is 0.493 e. The number of carbonyl (C=O) groups excluding carboxylic acids is 1. The van der Waals surface area contributed by atoms with Gasteiger partial charge in [-0.25, -0.2) is 0 Å². The van der Waals surface area contributed by atoms with Crippen molar-refractivity contribution in [2.75, 3.05) is 38.0 Å². The van der Waals surface area contributed by atoms with E-state index in [1.54, 1.807) is 25.3 Å². The van der Waals surface area contributed by atoms with Crippen LogP contribution >= 0.6 is 22.6 Å². The van der Waals surface area contributed by atoms with Gasteiger partial charge in [-0.05, 0) is 77.0 Å². The molecular weight excluding hydrogens is 481 g/mol. The molecule has 6 nitrogen and oxygen atoms in total. The van der Waals surface area contributed by atoms with Crippen LogP contribution < -0.4 is 19.7 Å². The zero-order valence-electron chi connectivity index (χ0n) is 17.0. The van der Waals surface area contributed by atoms with E-state index in [2.05, 4.69) is 27.9 Å². The summed E-state index contributed by atoms with van der Waals surface area (Å²) in [6.07, 6.45) is 2.42. The van der Waals surface area contributed by atoms with Gasteiger partial charge in [0.05, 0.1) is 17.3 Å². The van der Waals surface area contributed by atoms with Gasteiger partial charge in [-0.3, -0.25) is 4.79 Å². The molecule has 0 aliphatic carbocycles. The third kappa shape index (κ3) is 6.12. The number of ether oxygens (including phenoxy) is 2. The van der Waals surface area contributed by atoms with E-state index in [4.69, 9.17) is 9.47 Å². The Hall–Kier alpha value is -2.73. The van der Waals surface area contributed by atoms with Gasteiger partial charge in [-0.2, -0.15) is 5.26 Å². The van der Waals surface area contributed by atoms with Gasteiger partial charge in [0.1, 0.15) is 11.6 Å². The first-order valence-electron chi connectivity index (χ1n) is 9.10. The van der Waals surface area contributed by atoms with Crippen LogP contribution in [0.1, 0.15) is 18.9 Å². The maximum Gasteiger partial charge on any atom is 0.266 e. The standard InChI is InChI=1S/C22H24IN3O3/c1-5-10-29-21-19(23)12-15(13-20(21)28-4)11-16(14-24)22(27)25-17-6-8-18(9-7-17)26(2)3/h6-9,11-13H,5,10H2,1-4H3,(H,25,27)/b16-11-. The number of benzene rings is 2. The summed E-state index contributed by atoms with van der Waals surface area (Å²) >= 11 is 2.16. The first-order valence-corrected chi connectivity index (χ1v) is 10.2. The number of hydrogen-bond donors (Lipinski definition) is 1. The number of rotatable bonds is 8. The molecule has 0 aromatic heterocycles. The molecule has 2 aromatic carbocycles. The second kappa shape index (κ2) is 10.7. The Balaban J connectivity index is 2.25. The van der Waals surface area contributed by atoms with Crippen molar-refractivity contribution >= 4 is 45.9 Å². The molecule has 2 aromatic rings. The van der Waals surface area contributed by atoms with Crippen molar-refractivity contribution in [3.63, 3.8) is 0 Å². The number of anilines is 2. The third-order valence-corrected chi connectivity index (χ3v) is 4.82. The molecule has 29 heavy (non-hydrogen) atoms. The number of carbonyl (C=O) groups is 1. The maximum absolute atomic E-state index is 12.5. The van der Waals surface area contributed by atoms with Crippen molar-refractivity contribution in [3.8, 4) is 17.6 Å². The van der Waals surface area contributed by atoms with Crippen molar-refractivity contribution in [2.45, 2.75) is 13.3 Å². The van der Waals surface area contributed by atoms with E-state index < -0.39 is 5.91 Å². The Bertz CT molecular complexity index is 932. The zero-order chi connectivity index (χ0) is 21.4. The molecule has 152 valence electrons. The highest BCUT2D eigenvalue weighted by Gasteiger charge is 2.14. The number of methoxy groups -OCH3 is 1. The molecule has 2 rings (SSSR count). The summed E-state index contributed by atoms with van der Waals surface area (Å²) in [4.78, 5) is 14.5. The summed E-state index contributed by atoms with van der Waals surface area (Å²) < 4.78 is 12.0. The highest BCUT2D eigenvalue weighted by Crippen LogP contribution is 2.34. The molecule has 0 aliphatic rings. The molecule has 0 fully saturated rings. The summed E-state index contributed by atoms with van der Waals surface area (Å²) in [7, 11) is 5.45. The molecule has 0 aliphatic heterocycles. The summed E-state index contributed by atoms with van der Waals surface area (Å²) in [6, 6.07) is 13.0. The average molecular weight is 505 g/mol. The molecule has 0 bridgehead atoms. The van der Waals surface area contributed by atoms with Crippen LogP contribution in [0.25, 0.3) is 6.08 Å². The lowest BCUT2D eigenvalue weighted by Gasteiger charge is -2.13. The minimum absolute atomic E-state index is 0.00163. The monoisotopic (exact) mass is 505 g/mol. The first-order chi connectivity index (χ1) is 13.9. The molecule has 1 N–H and O–H groups in total. The fourth-order valence-electron chi connectivity index (χ4n) is 2.52. The van der Waals surface area contributed by atoms with E-state index in [0.717, 1.165) is 15.7 Å². The second-order valence-electron chi connectivity index (χ2n) is 6.45. The Kier molecular flexibility index (Phi) is 8.34. The number of nitrogens with one attached hydrogen (secondary N) is 1. The third-order valence-electron chi connectivity index (χ3n) is 4.02. The first kappa shape index (κ1) is 22.6. The van der Waals surface area contributed by atoms with Gasteiger partial charge in [0.25, 0.3) is 5.91 Å². The van der Waals surface area contributed by atoms with E-state index in [-0.39, 0.29) is 5.57 Å².